The van der Waals surface area contributed by atoms with Gasteiger partial charge >= 0.3 is 0 Å². The highest BCUT2D eigenvalue weighted by atomic mass is 32.2. The summed E-state index contributed by atoms with van der Waals surface area (Å²) < 4.78 is 28.1. The van der Waals surface area contributed by atoms with Crippen LogP contribution >= 0.6 is 0 Å². The molecule has 0 bridgehead atoms. The van der Waals surface area contributed by atoms with Crippen LogP contribution in [0.3, 0.4) is 0 Å². The van der Waals surface area contributed by atoms with Crippen molar-refractivity contribution in [3.8, 4) is 0 Å². The molecule has 1 aliphatic carbocycles. The summed E-state index contributed by atoms with van der Waals surface area (Å²) in [5.74, 6) is 0. The van der Waals surface area contributed by atoms with Crippen molar-refractivity contribution in [1.82, 2.24) is 0 Å². The van der Waals surface area contributed by atoms with Gasteiger partial charge in [0.1, 0.15) is 5.25 Å². The molecule has 1 aliphatic heterocycles. The lowest BCUT2D eigenvalue weighted by Crippen LogP contribution is -2.39. The maximum atomic E-state index is 11.6. The molecule has 0 amide bonds. The normalized spacial score (nSPS) is 41.3. The van der Waals surface area contributed by atoms with E-state index in [2.05, 4.69) is 0 Å². The van der Waals surface area contributed by atoms with Crippen LogP contribution in [0.15, 0.2) is 11.6 Å². The molecule has 0 aromatic rings. The second-order valence-corrected chi connectivity index (χ2v) is 5.74. The van der Waals surface area contributed by atoms with Gasteiger partial charge in [0, 0.05) is 0 Å². The molecule has 1 N–H and O–H groups in total. The molecule has 2 rings (SSSR count). The van der Waals surface area contributed by atoms with E-state index in [-0.39, 0.29) is 12.5 Å². The fraction of sp³-hybridized carbons (Fsp3) is 0.778. The predicted octanol–water partition coefficient (Wildman–Crippen LogP) is 0.575. The molecule has 5 heteroatoms. The van der Waals surface area contributed by atoms with Crippen LogP contribution in [0.1, 0.15) is 26.2 Å². The Morgan fingerprint density at radius 3 is 3.00 bits per heavy atom. The fourth-order valence-corrected chi connectivity index (χ4v) is 3.77. The van der Waals surface area contributed by atoms with Crippen molar-refractivity contribution < 1.29 is 17.7 Å². The van der Waals surface area contributed by atoms with Crippen LogP contribution < -0.4 is 0 Å². The third-order valence-electron chi connectivity index (χ3n) is 2.72. The monoisotopic (exact) mass is 218 g/mol. The van der Waals surface area contributed by atoms with Crippen molar-refractivity contribution >= 4 is 10.1 Å². The minimum atomic E-state index is -3.49. The Bertz CT molecular complexity index is 357. The van der Waals surface area contributed by atoms with E-state index in [4.69, 9.17) is 4.18 Å². The minimum Gasteiger partial charge on any atom is -0.393 e. The molecule has 0 radical (unpaired) electrons. The zero-order chi connectivity index (χ0) is 10.3. The highest BCUT2D eigenvalue weighted by Gasteiger charge is 2.40. The van der Waals surface area contributed by atoms with Gasteiger partial charge in [0.2, 0.25) is 0 Å². The van der Waals surface area contributed by atoms with Crippen molar-refractivity contribution in [2.45, 2.75) is 43.6 Å². The molecule has 14 heavy (non-hydrogen) atoms. The van der Waals surface area contributed by atoms with E-state index < -0.39 is 21.5 Å². The SMILES string of the molecule is C[C@@H]1CC2=CC[C@@H](O)C[C@H]2S(=O)(=O)O1. The van der Waals surface area contributed by atoms with Gasteiger partial charge in [-0.05, 0) is 26.2 Å². The summed E-state index contributed by atoms with van der Waals surface area (Å²) >= 11 is 0. The molecule has 0 aromatic carbocycles. The Kier molecular flexibility index (Phi) is 2.41. The zero-order valence-electron chi connectivity index (χ0n) is 8.01. The number of aliphatic hydroxyl groups excluding tert-OH is 1. The molecule has 2 aliphatic rings. The van der Waals surface area contributed by atoms with Gasteiger partial charge in [-0.2, -0.15) is 8.42 Å². The number of rotatable bonds is 0. The van der Waals surface area contributed by atoms with Gasteiger partial charge in [-0.25, -0.2) is 0 Å². The summed E-state index contributed by atoms with van der Waals surface area (Å²) in [5.41, 5.74) is 0.911. The maximum absolute atomic E-state index is 11.6. The Hall–Kier alpha value is -0.390. The number of hydrogen-bond acceptors (Lipinski definition) is 4. The molecule has 80 valence electrons. The summed E-state index contributed by atoms with van der Waals surface area (Å²) in [6.45, 7) is 1.75. The molecule has 1 saturated heterocycles. The summed E-state index contributed by atoms with van der Waals surface area (Å²) in [6.07, 6.45) is 2.54. The topological polar surface area (TPSA) is 63.6 Å². The first-order chi connectivity index (χ1) is 6.49. The Labute approximate surface area is 83.7 Å². The molecule has 0 spiro atoms. The van der Waals surface area contributed by atoms with Crippen LogP contribution in [-0.2, 0) is 14.3 Å². The molecule has 0 unspecified atom stereocenters. The Morgan fingerprint density at radius 2 is 2.29 bits per heavy atom. The van der Waals surface area contributed by atoms with Crippen molar-refractivity contribution in [2.24, 2.45) is 0 Å². The highest BCUT2D eigenvalue weighted by molar-refractivity contribution is 7.87. The summed E-state index contributed by atoms with van der Waals surface area (Å²) in [4.78, 5) is 0. The van der Waals surface area contributed by atoms with Gasteiger partial charge in [-0.1, -0.05) is 11.6 Å². The first-order valence-corrected chi connectivity index (χ1v) is 6.25. The van der Waals surface area contributed by atoms with Crippen LogP contribution in [0.2, 0.25) is 0 Å². The van der Waals surface area contributed by atoms with E-state index >= 15 is 0 Å². The van der Waals surface area contributed by atoms with Gasteiger partial charge in [-0.3, -0.25) is 4.18 Å². The number of hydrogen-bond donors (Lipinski definition) is 1. The van der Waals surface area contributed by atoms with Crippen LogP contribution in [0.25, 0.3) is 0 Å². The smallest absolute Gasteiger partial charge is 0.274 e. The molecule has 0 saturated carbocycles. The molecule has 1 fully saturated rings. The van der Waals surface area contributed by atoms with Gasteiger partial charge in [0.15, 0.2) is 0 Å². The van der Waals surface area contributed by atoms with Crippen molar-refractivity contribution in [3.63, 3.8) is 0 Å². The van der Waals surface area contributed by atoms with Crippen LogP contribution in [0, 0.1) is 0 Å². The van der Waals surface area contributed by atoms with Gasteiger partial charge < -0.3 is 5.11 Å². The van der Waals surface area contributed by atoms with E-state index in [1.54, 1.807) is 6.92 Å². The fourth-order valence-electron chi connectivity index (χ4n) is 2.09. The minimum absolute atomic E-state index is 0.266. The highest BCUT2D eigenvalue weighted by Crippen LogP contribution is 2.34. The lowest BCUT2D eigenvalue weighted by molar-refractivity contribution is 0.147. The lowest BCUT2D eigenvalue weighted by Gasteiger charge is -2.33. The third kappa shape index (κ3) is 1.71. The van der Waals surface area contributed by atoms with E-state index in [1.807, 2.05) is 6.08 Å². The Balaban J connectivity index is 2.34. The number of fused-ring (bicyclic) bond motifs is 1. The van der Waals surface area contributed by atoms with Crippen molar-refractivity contribution in [3.05, 3.63) is 11.6 Å². The molecular formula is C9H14O4S. The first kappa shape index (κ1) is 10.1. The first-order valence-electron chi connectivity index (χ1n) is 4.78. The molecule has 3 atom stereocenters. The van der Waals surface area contributed by atoms with E-state index in [1.165, 1.54) is 0 Å². The quantitative estimate of drug-likeness (QED) is 0.477. The Morgan fingerprint density at radius 1 is 1.57 bits per heavy atom. The molecular weight excluding hydrogens is 204 g/mol. The number of aliphatic hydroxyl groups is 1. The van der Waals surface area contributed by atoms with E-state index in [0.29, 0.717) is 12.8 Å². The molecule has 0 aromatic heterocycles. The third-order valence-corrected chi connectivity index (χ3v) is 4.51. The standard InChI is InChI=1S/C9H14O4S/c1-6-4-7-2-3-8(10)5-9(7)14(11,12)13-6/h2,6,8-10H,3-5H2,1H3/t6-,8-,9-/m1/s1. The maximum Gasteiger partial charge on any atom is 0.274 e. The average Bonchev–Trinajstić information content (AvgIpc) is 2.05. The zero-order valence-corrected chi connectivity index (χ0v) is 8.83. The summed E-state index contributed by atoms with van der Waals surface area (Å²) in [5, 5.41) is 8.77. The summed E-state index contributed by atoms with van der Waals surface area (Å²) in [7, 11) is -3.49. The average molecular weight is 218 g/mol. The van der Waals surface area contributed by atoms with Crippen molar-refractivity contribution in [2.75, 3.05) is 0 Å². The van der Waals surface area contributed by atoms with Crippen molar-refractivity contribution in [1.29, 1.82) is 0 Å². The molecule has 4 nitrogen and oxygen atoms in total. The van der Waals surface area contributed by atoms with Crippen LogP contribution in [-0.4, -0.2) is 31.0 Å². The molecule has 1 heterocycles. The second-order valence-electron chi connectivity index (χ2n) is 4.00. The van der Waals surface area contributed by atoms with Crippen LogP contribution in [0.5, 0.6) is 0 Å². The predicted molar refractivity (Wildman–Crippen MR) is 51.2 cm³/mol. The van der Waals surface area contributed by atoms with E-state index in [9.17, 15) is 13.5 Å². The van der Waals surface area contributed by atoms with Gasteiger partial charge in [0.05, 0.1) is 12.2 Å². The summed E-state index contributed by atoms with van der Waals surface area (Å²) in [6, 6.07) is 0. The largest absolute Gasteiger partial charge is 0.393 e. The van der Waals surface area contributed by atoms with Gasteiger partial charge in [0.25, 0.3) is 10.1 Å². The van der Waals surface area contributed by atoms with E-state index in [0.717, 1.165) is 5.57 Å². The van der Waals surface area contributed by atoms with Gasteiger partial charge in [-0.15, -0.1) is 0 Å². The van der Waals surface area contributed by atoms with Crippen LogP contribution in [0.4, 0.5) is 0 Å². The second kappa shape index (κ2) is 3.32. The lowest BCUT2D eigenvalue weighted by atomic mass is 9.93.